The maximum absolute atomic E-state index is 5.32. The number of pyridine rings is 1. The fourth-order valence-electron chi connectivity index (χ4n) is 2.21. The molecular formula is C16H13N5O2S. The number of aromatic nitrogens is 5. The standard InChI is InChI=1S/C16H13N5O2S/c1-22-11-5-2-4-10(8-11)15-19-13(21-23-15)9-24-16-18-12-6-3-7-17-14(12)20-16/h2-8H,9H2,1H3,(H,17,18,20). The third-order valence-electron chi connectivity index (χ3n) is 3.36. The van der Waals surface area contributed by atoms with Crippen molar-refractivity contribution in [3.63, 3.8) is 0 Å². The molecule has 120 valence electrons. The van der Waals surface area contributed by atoms with Crippen molar-refractivity contribution < 1.29 is 9.26 Å². The van der Waals surface area contributed by atoms with Crippen molar-refractivity contribution in [3.05, 3.63) is 48.4 Å². The third kappa shape index (κ3) is 2.95. The molecular weight excluding hydrogens is 326 g/mol. The van der Waals surface area contributed by atoms with Gasteiger partial charge in [-0.2, -0.15) is 4.98 Å². The van der Waals surface area contributed by atoms with E-state index in [0.29, 0.717) is 23.1 Å². The van der Waals surface area contributed by atoms with Gasteiger partial charge in [-0.3, -0.25) is 0 Å². The number of hydrogen-bond acceptors (Lipinski definition) is 7. The molecule has 0 atom stereocenters. The van der Waals surface area contributed by atoms with Gasteiger partial charge in [0.15, 0.2) is 16.6 Å². The largest absolute Gasteiger partial charge is 0.497 e. The van der Waals surface area contributed by atoms with E-state index in [4.69, 9.17) is 9.26 Å². The first-order valence-electron chi connectivity index (χ1n) is 7.22. The van der Waals surface area contributed by atoms with Gasteiger partial charge in [0.25, 0.3) is 5.89 Å². The number of rotatable bonds is 5. The van der Waals surface area contributed by atoms with Crippen LogP contribution in [-0.4, -0.2) is 32.2 Å². The molecule has 3 aromatic heterocycles. The number of aromatic amines is 1. The quantitative estimate of drug-likeness (QED) is 0.558. The second kappa shape index (κ2) is 6.32. The Morgan fingerprint density at radius 1 is 1.21 bits per heavy atom. The van der Waals surface area contributed by atoms with Gasteiger partial charge < -0.3 is 14.2 Å². The van der Waals surface area contributed by atoms with Gasteiger partial charge >= 0.3 is 0 Å². The van der Waals surface area contributed by atoms with Crippen molar-refractivity contribution in [1.82, 2.24) is 25.1 Å². The summed E-state index contributed by atoms with van der Waals surface area (Å²) in [6.45, 7) is 0. The van der Waals surface area contributed by atoms with Gasteiger partial charge in [-0.1, -0.05) is 23.0 Å². The van der Waals surface area contributed by atoms with Gasteiger partial charge in [0.05, 0.1) is 18.4 Å². The molecule has 4 aromatic rings. The zero-order valence-electron chi connectivity index (χ0n) is 12.8. The Balaban J connectivity index is 1.48. The molecule has 0 bridgehead atoms. The highest BCUT2D eigenvalue weighted by molar-refractivity contribution is 7.98. The van der Waals surface area contributed by atoms with Gasteiger partial charge in [-0.05, 0) is 30.3 Å². The topological polar surface area (TPSA) is 89.7 Å². The molecule has 7 nitrogen and oxygen atoms in total. The van der Waals surface area contributed by atoms with Crippen LogP contribution in [-0.2, 0) is 5.75 Å². The normalized spacial score (nSPS) is 11.0. The monoisotopic (exact) mass is 339 g/mol. The lowest BCUT2D eigenvalue weighted by Crippen LogP contribution is -1.86. The van der Waals surface area contributed by atoms with Crippen LogP contribution in [0, 0.1) is 0 Å². The summed E-state index contributed by atoms with van der Waals surface area (Å²) < 4.78 is 10.5. The molecule has 1 aromatic carbocycles. The Bertz CT molecular complexity index is 948. The maximum atomic E-state index is 5.32. The summed E-state index contributed by atoms with van der Waals surface area (Å²) in [5, 5.41) is 4.79. The lowest BCUT2D eigenvalue weighted by atomic mass is 10.2. The summed E-state index contributed by atoms with van der Waals surface area (Å²) in [6.07, 6.45) is 1.72. The molecule has 0 aliphatic heterocycles. The number of thioether (sulfide) groups is 1. The summed E-state index contributed by atoms with van der Waals surface area (Å²) >= 11 is 1.50. The zero-order chi connectivity index (χ0) is 16.4. The Morgan fingerprint density at radius 3 is 3.04 bits per heavy atom. The van der Waals surface area contributed by atoms with Crippen LogP contribution in [0.1, 0.15) is 5.82 Å². The van der Waals surface area contributed by atoms with Crippen molar-refractivity contribution in [3.8, 4) is 17.2 Å². The number of nitrogens with zero attached hydrogens (tertiary/aromatic N) is 4. The number of benzene rings is 1. The Kier molecular flexibility index (Phi) is 3.87. The van der Waals surface area contributed by atoms with E-state index in [0.717, 1.165) is 22.0 Å². The van der Waals surface area contributed by atoms with Crippen molar-refractivity contribution in [2.45, 2.75) is 10.9 Å². The van der Waals surface area contributed by atoms with Crippen LogP contribution in [0.4, 0.5) is 0 Å². The lowest BCUT2D eigenvalue weighted by Gasteiger charge is -1.99. The van der Waals surface area contributed by atoms with Crippen LogP contribution in [0.5, 0.6) is 5.75 Å². The van der Waals surface area contributed by atoms with Crippen molar-refractivity contribution in [1.29, 1.82) is 0 Å². The molecule has 24 heavy (non-hydrogen) atoms. The number of fused-ring (bicyclic) bond motifs is 1. The first-order chi connectivity index (χ1) is 11.8. The Labute approximate surface area is 141 Å². The number of nitrogens with one attached hydrogen (secondary N) is 1. The van der Waals surface area contributed by atoms with Crippen LogP contribution in [0.25, 0.3) is 22.6 Å². The van der Waals surface area contributed by atoms with E-state index in [-0.39, 0.29) is 0 Å². The maximum Gasteiger partial charge on any atom is 0.258 e. The van der Waals surface area contributed by atoms with E-state index >= 15 is 0 Å². The fourth-order valence-corrected chi connectivity index (χ4v) is 2.93. The highest BCUT2D eigenvalue weighted by Crippen LogP contribution is 2.25. The van der Waals surface area contributed by atoms with Crippen LogP contribution in [0.3, 0.4) is 0 Å². The molecule has 0 fully saturated rings. The molecule has 0 aliphatic carbocycles. The summed E-state index contributed by atoms with van der Waals surface area (Å²) in [6, 6.07) is 11.3. The van der Waals surface area contributed by atoms with Crippen molar-refractivity contribution >= 4 is 22.9 Å². The molecule has 4 rings (SSSR count). The predicted molar refractivity (Wildman–Crippen MR) is 89.7 cm³/mol. The van der Waals surface area contributed by atoms with Gasteiger partial charge in [0.1, 0.15) is 5.75 Å². The fraction of sp³-hybridized carbons (Fsp3) is 0.125. The number of imidazole rings is 1. The molecule has 0 unspecified atom stereocenters. The van der Waals surface area contributed by atoms with Crippen molar-refractivity contribution in [2.75, 3.05) is 7.11 Å². The van der Waals surface area contributed by atoms with Crippen LogP contribution < -0.4 is 4.74 Å². The molecule has 3 heterocycles. The summed E-state index contributed by atoms with van der Waals surface area (Å²) in [5.41, 5.74) is 2.43. The molecule has 1 N–H and O–H groups in total. The molecule has 0 saturated carbocycles. The SMILES string of the molecule is COc1cccc(-c2nc(CSc3nc4ncccc4[nH]3)no2)c1. The number of methoxy groups -OCH3 is 1. The second-order valence-corrected chi connectivity index (χ2v) is 5.92. The average molecular weight is 339 g/mol. The van der Waals surface area contributed by atoms with Crippen LogP contribution >= 0.6 is 11.8 Å². The van der Waals surface area contributed by atoms with E-state index in [1.54, 1.807) is 13.3 Å². The zero-order valence-corrected chi connectivity index (χ0v) is 13.6. The highest BCUT2D eigenvalue weighted by Gasteiger charge is 2.11. The van der Waals surface area contributed by atoms with Gasteiger partial charge in [0, 0.05) is 11.8 Å². The minimum atomic E-state index is 0.468. The highest BCUT2D eigenvalue weighted by atomic mass is 32.2. The Hall–Kier alpha value is -2.87. The van der Waals surface area contributed by atoms with E-state index < -0.39 is 0 Å². The first kappa shape index (κ1) is 14.7. The number of H-pyrrole nitrogens is 1. The van der Waals surface area contributed by atoms with Crippen molar-refractivity contribution in [2.24, 2.45) is 0 Å². The molecule has 0 spiro atoms. The smallest absolute Gasteiger partial charge is 0.258 e. The summed E-state index contributed by atoms with van der Waals surface area (Å²) in [4.78, 5) is 16.2. The molecule has 0 amide bonds. The number of hydrogen-bond donors (Lipinski definition) is 1. The van der Waals surface area contributed by atoms with Gasteiger partial charge in [-0.15, -0.1) is 0 Å². The van der Waals surface area contributed by atoms with E-state index in [2.05, 4.69) is 25.1 Å². The van der Waals surface area contributed by atoms with Crippen LogP contribution in [0.2, 0.25) is 0 Å². The second-order valence-electron chi connectivity index (χ2n) is 4.95. The minimum Gasteiger partial charge on any atom is -0.497 e. The summed E-state index contributed by atoms with van der Waals surface area (Å²) in [7, 11) is 1.62. The summed E-state index contributed by atoms with van der Waals surface area (Å²) in [5.74, 6) is 2.37. The first-order valence-corrected chi connectivity index (χ1v) is 8.21. The van der Waals surface area contributed by atoms with Gasteiger partial charge in [-0.25, -0.2) is 9.97 Å². The molecule has 0 radical (unpaired) electrons. The Morgan fingerprint density at radius 2 is 2.17 bits per heavy atom. The third-order valence-corrected chi connectivity index (χ3v) is 4.23. The number of ether oxygens (including phenoxy) is 1. The lowest BCUT2D eigenvalue weighted by molar-refractivity contribution is 0.412. The van der Waals surface area contributed by atoms with E-state index in [1.807, 2.05) is 36.4 Å². The van der Waals surface area contributed by atoms with Crippen LogP contribution in [0.15, 0.2) is 52.3 Å². The average Bonchev–Trinajstić information content (AvgIpc) is 3.26. The predicted octanol–water partition coefficient (Wildman–Crippen LogP) is 3.31. The molecule has 0 saturated heterocycles. The van der Waals surface area contributed by atoms with E-state index in [9.17, 15) is 0 Å². The van der Waals surface area contributed by atoms with E-state index in [1.165, 1.54) is 11.8 Å². The minimum absolute atomic E-state index is 0.468. The molecule has 0 aliphatic rings. The molecule has 8 heteroatoms. The van der Waals surface area contributed by atoms with Gasteiger partial charge in [0.2, 0.25) is 0 Å².